The Balaban J connectivity index is 1.90. The molecule has 1 aliphatic carbocycles. The number of rotatable bonds is 4. The molecule has 0 spiro atoms. The van der Waals surface area contributed by atoms with Crippen molar-refractivity contribution in [2.45, 2.75) is 45.6 Å². The molecule has 3 heteroatoms. The molecule has 0 radical (unpaired) electrons. The van der Waals surface area contributed by atoms with Gasteiger partial charge in [0.2, 0.25) is 0 Å². The summed E-state index contributed by atoms with van der Waals surface area (Å²) in [6.07, 6.45) is 4.93. The lowest BCUT2D eigenvalue weighted by molar-refractivity contribution is 0.0851. The van der Waals surface area contributed by atoms with Crippen LogP contribution < -0.4 is 0 Å². The van der Waals surface area contributed by atoms with E-state index in [4.69, 9.17) is 0 Å². The van der Waals surface area contributed by atoms with Crippen LogP contribution in [0.1, 0.15) is 49.9 Å². The first-order chi connectivity index (χ1) is 9.37. The lowest BCUT2D eigenvalue weighted by Gasteiger charge is -2.38. The summed E-state index contributed by atoms with van der Waals surface area (Å²) >= 11 is 3.40. The van der Waals surface area contributed by atoms with Gasteiger partial charge >= 0.3 is 0 Å². The first kappa shape index (κ1) is 15.7. The molecule has 1 saturated carbocycles. The van der Waals surface area contributed by atoms with Gasteiger partial charge in [-0.05, 0) is 50.3 Å². The molecular formula is C17H24BrNO. The van der Waals surface area contributed by atoms with Crippen molar-refractivity contribution in [3.05, 3.63) is 34.3 Å². The standard InChI is InChI=1S/C17H24BrNO/c1-17(2)10-8-15(9-11-17)19(3)12-16(20)13-4-6-14(18)7-5-13/h4-7,15H,8-12H2,1-3H3. The summed E-state index contributed by atoms with van der Waals surface area (Å²) in [7, 11) is 2.08. The van der Waals surface area contributed by atoms with Crippen molar-refractivity contribution < 1.29 is 4.79 Å². The summed E-state index contributed by atoms with van der Waals surface area (Å²) in [5, 5.41) is 0. The fourth-order valence-corrected chi connectivity index (χ4v) is 3.17. The third kappa shape index (κ3) is 4.16. The first-order valence-electron chi connectivity index (χ1n) is 7.36. The summed E-state index contributed by atoms with van der Waals surface area (Å²) in [6.45, 7) is 5.21. The van der Waals surface area contributed by atoms with E-state index in [-0.39, 0.29) is 5.78 Å². The molecule has 0 bridgehead atoms. The highest BCUT2D eigenvalue weighted by Gasteiger charge is 2.29. The van der Waals surface area contributed by atoms with Gasteiger partial charge < -0.3 is 0 Å². The minimum Gasteiger partial charge on any atom is -0.296 e. The zero-order valence-electron chi connectivity index (χ0n) is 12.7. The van der Waals surface area contributed by atoms with Gasteiger partial charge in [0.05, 0.1) is 6.54 Å². The minimum absolute atomic E-state index is 0.213. The predicted molar refractivity (Wildman–Crippen MR) is 87.1 cm³/mol. The molecule has 0 aliphatic heterocycles. The number of hydrogen-bond donors (Lipinski definition) is 0. The van der Waals surface area contributed by atoms with Crippen LogP contribution in [0.2, 0.25) is 0 Å². The first-order valence-corrected chi connectivity index (χ1v) is 8.16. The average molecular weight is 338 g/mol. The molecular weight excluding hydrogens is 314 g/mol. The maximum Gasteiger partial charge on any atom is 0.176 e. The van der Waals surface area contributed by atoms with E-state index in [0.29, 0.717) is 18.0 Å². The van der Waals surface area contributed by atoms with E-state index in [1.807, 2.05) is 24.3 Å². The molecule has 1 aliphatic rings. The number of hydrogen-bond acceptors (Lipinski definition) is 2. The Hall–Kier alpha value is -0.670. The van der Waals surface area contributed by atoms with Crippen LogP contribution in [0, 0.1) is 5.41 Å². The second-order valence-corrected chi connectivity index (χ2v) is 7.66. The van der Waals surface area contributed by atoms with Gasteiger partial charge in [0.25, 0.3) is 0 Å². The Labute approximate surface area is 130 Å². The number of Topliss-reactive ketones (excluding diaryl/α,β-unsaturated/α-hetero) is 1. The molecule has 1 fully saturated rings. The van der Waals surface area contributed by atoms with Crippen LogP contribution in [0.3, 0.4) is 0 Å². The smallest absolute Gasteiger partial charge is 0.176 e. The minimum atomic E-state index is 0.213. The van der Waals surface area contributed by atoms with Gasteiger partial charge in [-0.25, -0.2) is 0 Å². The van der Waals surface area contributed by atoms with Crippen LogP contribution in [0.25, 0.3) is 0 Å². The summed E-state index contributed by atoms with van der Waals surface area (Å²) in [6, 6.07) is 8.20. The van der Waals surface area contributed by atoms with Crippen LogP contribution in [0.5, 0.6) is 0 Å². The molecule has 0 atom stereocenters. The maximum atomic E-state index is 12.3. The predicted octanol–water partition coefficient (Wildman–Crippen LogP) is 4.53. The molecule has 0 unspecified atom stereocenters. The van der Waals surface area contributed by atoms with Crippen molar-refractivity contribution in [1.29, 1.82) is 0 Å². The lowest BCUT2D eigenvalue weighted by atomic mass is 9.75. The SMILES string of the molecule is CN(CC(=O)c1ccc(Br)cc1)C1CCC(C)(C)CC1. The summed E-state index contributed by atoms with van der Waals surface area (Å²) in [5.41, 5.74) is 1.28. The Morgan fingerprint density at radius 2 is 1.80 bits per heavy atom. The molecule has 2 rings (SSSR count). The Morgan fingerprint density at radius 1 is 1.25 bits per heavy atom. The number of halogens is 1. The Morgan fingerprint density at radius 3 is 2.35 bits per heavy atom. The van der Waals surface area contributed by atoms with Crippen LogP contribution >= 0.6 is 15.9 Å². The Bertz CT molecular complexity index is 456. The van der Waals surface area contributed by atoms with Gasteiger partial charge in [0.15, 0.2) is 5.78 Å². The highest BCUT2D eigenvalue weighted by molar-refractivity contribution is 9.10. The van der Waals surface area contributed by atoms with Crippen molar-refractivity contribution >= 4 is 21.7 Å². The summed E-state index contributed by atoms with van der Waals surface area (Å²) in [5.74, 6) is 0.213. The molecule has 0 N–H and O–H groups in total. The number of carbonyl (C=O) groups is 1. The van der Waals surface area contributed by atoms with Crippen LogP contribution in [0.15, 0.2) is 28.7 Å². The van der Waals surface area contributed by atoms with E-state index in [2.05, 4.69) is 41.7 Å². The molecule has 0 aromatic heterocycles. The third-order valence-electron chi connectivity index (χ3n) is 4.49. The highest BCUT2D eigenvalue weighted by Crippen LogP contribution is 2.36. The van der Waals surface area contributed by atoms with E-state index in [1.54, 1.807) is 0 Å². The maximum absolute atomic E-state index is 12.3. The second-order valence-electron chi connectivity index (χ2n) is 6.74. The van der Waals surface area contributed by atoms with Gasteiger partial charge in [-0.15, -0.1) is 0 Å². The van der Waals surface area contributed by atoms with Crippen molar-refractivity contribution in [3.8, 4) is 0 Å². The van der Waals surface area contributed by atoms with E-state index in [1.165, 1.54) is 25.7 Å². The number of likely N-dealkylation sites (N-methyl/N-ethyl adjacent to an activating group) is 1. The molecule has 20 heavy (non-hydrogen) atoms. The molecule has 2 nitrogen and oxygen atoms in total. The van der Waals surface area contributed by atoms with Gasteiger partial charge in [-0.2, -0.15) is 0 Å². The zero-order valence-corrected chi connectivity index (χ0v) is 14.2. The van der Waals surface area contributed by atoms with Crippen molar-refractivity contribution in [2.24, 2.45) is 5.41 Å². The van der Waals surface area contributed by atoms with Crippen LogP contribution in [0.4, 0.5) is 0 Å². The van der Waals surface area contributed by atoms with Gasteiger partial charge in [-0.3, -0.25) is 9.69 Å². The molecule has 1 aromatic rings. The molecule has 110 valence electrons. The van der Waals surface area contributed by atoms with Crippen LogP contribution in [-0.4, -0.2) is 30.3 Å². The van der Waals surface area contributed by atoms with Crippen molar-refractivity contribution in [2.75, 3.05) is 13.6 Å². The number of ketones is 1. The van der Waals surface area contributed by atoms with E-state index < -0.39 is 0 Å². The van der Waals surface area contributed by atoms with E-state index in [9.17, 15) is 4.79 Å². The fraction of sp³-hybridized carbons (Fsp3) is 0.588. The van der Waals surface area contributed by atoms with Crippen molar-refractivity contribution in [1.82, 2.24) is 4.90 Å². The van der Waals surface area contributed by atoms with E-state index >= 15 is 0 Å². The second kappa shape index (κ2) is 6.40. The van der Waals surface area contributed by atoms with Crippen molar-refractivity contribution in [3.63, 3.8) is 0 Å². The number of carbonyl (C=O) groups excluding carboxylic acids is 1. The quantitative estimate of drug-likeness (QED) is 0.752. The van der Waals surface area contributed by atoms with Gasteiger partial charge in [0, 0.05) is 16.1 Å². The molecule has 0 saturated heterocycles. The van der Waals surface area contributed by atoms with Crippen LogP contribution in [-0.2, 0) is 0 Å². The average Bonchev–Trinajstić information content (AvgIpc) is 2.39. The number of nitrogens with zero attached hydrogens (tertiary/aromatic N) is 1. The lowest BCUT2D eigenvalue weighted by Crippen LogP contribution is -2.39. The topological polar surface area (TPSA) is 20.3 Å². The summed E-state index contributed by atoms with van der Waals surface area (Å²) < 4.78 is 1.01. The zero-order chi connectivity index (χ0) is 14.8. The largest absolute Gasteiger partial charge is 0.296 e. The van der Waals surface area contributed by atoms with E-state index in [0.717, 1.165) is 10.0 Å². The van der Waals surface area contributed by atoms with Gasteiger partial charge in [0.1, 0.15) is 0 Å². The molecule has 0 amide bonds. The Kier molecular flexibility index (Phi) is 5.03. The molecule has 0 heterocycles. The van der Waals surface area contributed by atoms with Gasteiger partial charge in [-0.1, -0.05) is 41.9 Å². The third-order valence-corrected chi connectivity index (χ3v) is 5.02. The monoisotopic (exact) mass is 337 g/mol. The fourth-order valence-electron chi connectivity index (χ4n) is 2.91. The highest BCUT2D eigenvalue weighted by atomic mass is 79.9. The molecule has 1 aromatic carbocycles. The number of benzene rings is 1. The summed E-state index contributed by atoms with van der Waals surface area (Å²) in [4.78, 5) is 14.5. The normalized spacial score (nSPS) is 19.2.